The second kappa shape index (κ2) is 4.58. The van der Waals surface area contributed by atoms with Crippen LogP contribution in [-0.2, 0) is 9.53 Å². The van der Waals surface area contributed by atoms with Crippen LogP contribution >= 0.6 is 11.6 Å². The Morgan fingerprint density at radius 3 is 3.07 bits per heavy atom. The summed E-state index contributed by atoms with van der Waals surface area (Å²) in [6, 6.07) is 1.32. The Labute approximate surface area is 84.9 Å². The molecule has 0 aromatic carbocycles. The lowest BCUT2D eigenvalue weighted by atomic mass is 10.2. The number of carbonyl (C=O) groups is 1. The third kappa shape index (κ3) is 2.44. The van der Waals surface area contributed by atoms with Crippen molar-refractivity contribution in [3.05, 3.63) is 28.8 Å². The second-order valence-electron chi connectivity index (χ2n) is 2.20. The van der Waals surface area contributed by atoms with Gasteiger partial charge in [0.05, 0.1) is 12.7 Å². The maximum absolute atomic E-state index is 13.1. The zero-order chi connectivity index (χ0) is 10.6. The van der Waals surface area contributed by atoms with Crippen molar-refractivity contribution in [1.82, 2.24) is 4.98 Å². The van der Waals surface area contributed by atoms with Crippen LogP contribution in [0.1, 0.15) is 5.56 Å². The summed E-state index contributed by atoms with van der Waals surface area (Å²) >= 11 is 5.39. The first-order valence-corrected chi connectivity index (χ1v) is 3.93. The van der Waals surface area contributed by atoms with Gasteiger partial charge in [0.1, 0.15) is 0 Å². The van der Waals surface area contributed by atoms with Crippen LogP contribution in [-0.4, -0.2) is 18.1 Å². The highest BCUT2D eigenvalue weighted by molar-refractivity contribution is 6.29. The fourth-order valence-electron chi connectivity index (χ4n) is 0.684. The quantitative estimate of drug-likeness (QED) is 0.372. The number of carbonyl (C=O) groups excluding carboxylic acids is 1. The minimum absolute atomic E-state index is 0.00963. The van der Waals surface area contributed by atoms with Crippen LogP contribution < -0.4 is 0 Å². The van der Waals surface area contributed by atoms with Gasteiger partial charge in [-0.3, -0.25) is 0 Å². The van der Waals surface area contributed by atoms with E-state index < -0.39 is 11.8 Å². The lowest BCUT2D eigenvalue weighted by Gasteiger charge is -1.94. The predicted octanol–water partition coefficient (Wildman–Crippen LogP) is 1.40. The highest BCUT2D eigenvalue weighted by atomic mass is 35.5. The molecule has 0 amide bonds. The highest BCUT2D eigenvalue weighted by Gasteiger charge is 2.04. The summed E-state index contributed by atoms with van der Waals surface area (Å²) in [7, 11) is 1.19. The van der Waals surface area contributed by atoms with Gasteiger partial charge in [-0.25, -0.2) is 14.2 Å². The minimum atomic E-state index is -0.745. The lowest BCUT2D eigenvalue weighted by Crippen LogP contribution is -1.95. The van der Waals surface area contributed by atoms with Crippen LogP contribution in [0.2, 0.25) is 5.15 Å². The Morgan fingerprint density at radius 2 is 2.43 bits per heavy atom. The van der Waals surface area contributed by atoms with Crippen LogP contribution in [0, 0.1) is 17.7 Å². The number of pyridine rings is 1. The van der Waals surface area contributed by atoms with Gasteiger partial charge < -0.3 is 4.74 Å². The number of hydrogen-bond acceptors (Lipinski definition) is 3. The van der Waals surface area contributed by atoms with E-state index in [9.17, 15) is 9.18 Å². The summed E-state index contributed by atoms with van der Waals surface area (Å²) in [6.07, 6.45) is 1.30. The Kier molecular flexibility index (Phi) is 3.43. The maximum Gasteiger partial charge on any atom is 0.384 e. The van der Waals surface area contributed by atoms with Gasteiger partial charge in [-0.05, 0) is 6.07 Å². The van der Waals surface area contributed by atoms with Crippen molar-refractivity contribution in [2.75, 3.05) is 7.11 Å². The molecule has 1 rings (SSSR count). The molecule has 0 saturated carbocycles. The molecule has 1 heterocycles. The molecular weight excluding hydrogens is 209 g/mol. The average molecular weight is 214 g/mol. The van der Waals surface area contributed by atoms with Crippen LogP contribution in [0.15, 0.2) is 12.3 Å². The van der Waals surface area contributed by atoms with Gasteiger partial charge >= 0.3 is 5.97 Å². The van der Waals surface area contributed by atoms with E-state index in [4.69, 9.17) is 11.6 Å². The first-order valence-electron chi connectivity index (χ1n) is 3.55. The number of aromatic nitrogens is 1. The molecule has 1 aromatic rings. The van der Waals surface area contributed by atoms with Gasteiger partial charge in [0.2, 0.25) is 0 Å². The van der Waals surface area contributed by atoms with Crippen molar-refractivity contribution in [2.45, 2.75) is 0 Å². The smallest absolute Gasteiger partial charge is 0.384 e. The first-order chi connectivity index (χ1) is 6.65. The van der Waals surface area contributed by atoms with Gasteiger partial charge in [-0.2, -0.15) is 0 Å². The third-order valence-electron chi connectivity index (χ3n) is 1.33. The minimum Gasteiger partial charge on any atom is -0.459 e. The van der Waals surface area contributed by atoms with Crippen molar-refractivity contribution < 1.29 is 13.9 Å². The van der Waals surface area contributed by atoms with Crippen molar-refractivity contribution in [3.63, 3.8) is 0 Å². The third-order valence-corrected chi connectivity index (χ3v) is 1.59. The SMILES string of the molecule is COC(=O)C#Cc1ccnc(Cl)c1F. The summed E-state index contributed by atoms with van der Waals surface area (Å²) in [5, 5.41) is -0.276. The van der Waals surface area contributed by atoms with E-state index in [1.807, 2.05) is 0 Å². The molecule has 0 spiro atoms. The molecule has 0 unspecified atom stereocenters. The van der Waals surface area contributed by atoms with Crippen molar-refractivity contribution >= 4 is 17.6 Å². The predicted molar refractivity (Wildman–Crippen MR) is 48.1 cm³/mol. The fraction of sp³-hybridized carbons (Fsp3) is 0.111. The van der Waals surface area contributed by atoms with E-state index in [0.717, 1.165) is 0 Å². The number of ether oxygens (including phenoxy) is 1. The first kappa shape index (κ1) is 10.5. The molecule has 72 valence electrons. The molecule has 0 radical (unpaired) electrons. The molecule has 3 nitrogen and oxygen atoms in total. The summed E-state index contributed by atoms with van der Waals surface area (Å²) in [4.78, 5) is 14.1. The van der Waals surface area contributed by atoms with E-state index in [1.165, 1.54) is 19.4 Å². The molecule has 1 aromatic heterocycles. The summed E-state index contributed by atoms with van der Waals surface area (Å²) in [6.45, 7) is 0. The Balaban J connectivity index is 3.01. The number of hydrogen-bond donors (Lipinski definition) is 0. The fourth-order valence-corrected chi connectivity index (χ4v) is 0.842. The molecule has 0 atom stereocenters. The summed E-state index contributed by atoms with van der Waals surface area (Å²) in [5.74, 6) is 2.88. The molecule has 0 N–H and O–H groups in total. The molecule has 0 bridgehead atoms. The molecule has 0 fully saturated rings. The van der Waals surface area contributed by atoms with Crippen LogP contribution in [0.3, 0.4) is 0 Å². The van der Waals surface area contributed by atoms with Gasteiger partial charge in [0.25, 0.3) is 0 Å². The van der Waals surface area contributed by atoms with E-state index >= 15 is 0 Å². The number of methoxy groups -OCH3 is 1. The lowest BCUT2D eigenvalue weighted by molar-refractivity contribution is -0.133. The molecule has 0 aliphatic heterocycles. The number of rotatable bonds is 0. The van der Waals surface area contributed by atoms with Crippen molar-refractivity contribution in [2.24, 2.45) is 0 Å². The largest absolute Gasteiger partial charge is 0.459 e. The standard InChI is InChI=1S/C9H5ClFNO2/c1-14-7(13)3-2-6-4-5-12-9(10)8(6)11/h4-5H,1H3. The number of esters is 1. The Bertz CT molecular complexity index is 423. The maximum atomic E-state index is 13.1. The van der Waals surface area contributed by atoms with Crippen molar-refractivity contribution in [3.8, 4) is 11.8 Å². The van der Waals surface area contributed by atoms with E-state index in [-0.39, 0.29) is 10.7 Å². The number of nitrogens with zero attached hydrogens (tertiary/aromatic N) is 1. The topological polar surface area (TPSA) is 39.2 Å². The molecule has 0 aliphatic rings. The summed E-state index contributed by atoms with van der Waals surface area (Å²) < 4.78 is 17.4. The zero-order valence-corrected chi connectivity index (χ0v) is 7.93. The van der Waals surface area contributed by atoms with Gasteiger partial charge in [-0.1, -0.05) is 17.5 Å². The van der Waals surface area contributed by atoms with Gasteiger partial charge in [0, 0.05) is 12.1 Å². The molecule has 0 saturated heterocycles. The van der Waals surface area contributed by atoms with Crippen LogP contribution in [0.4, 0.5) is 4.39 Å². The Morgan fingerprint density at radius 1 is 1.71 bits per heavy atom. The summed E-state index contributed by atoms with van der Waals surface area (Å²) in [5.41, 5.74) is 0.00963. The van der Waals surface area contributed by atoms with E-state index in [0.29, 0.717) is 0 Å². The van der Waals surface area contributed by atoms with Crippen LogP contribution in [0.5, 0.6) is 0 Å². The zero-order valence-electron chi connectivity index (χ0n) is 7.17. The molecule has 0 aliphatic carbocycles. The monoisotopic (exact) mass is 213 g/mol. The average Bonchev–Trinajstić information content (AvgIpc) is 2.20. The Hall–Kier alpha value is -1.60. The molecule has 14 heavy (non-hydrogen) atoms. The molecule has 5 heteroatoms. The van der Waals surface area contributed by atoms with E-state index in [1.54, 1.807) is 0 Å². The highest BCUT2D eigenvalue weighted by Crippen LogP contribution is 2.13. The van der Waals surface area contributed by atoms with E-state index in [2.05, 4.69) is 21.6 Å². The van der Waals surface area contributed by atoms with Crippen LogP contribution in [0.25, 0.3) is 0 Å². The van der Waals surface area contributed by atoms with Gasteiger partial charge in [0.15, 0.2) is 11.0 Å². The molecular formula is C9H5ClFNO2. The number of halogens is 2. The van der Waals surface area contributed by atoms with Crippen molar-refractivity contribution in [1.29, 1.82) is 0 Å². The second-order valence-corrected chi connectivity index (χ2v) is 2.56. The normalized spacial score (nSPS) is 8.79. The van der Waals surface area contributed by atoms with Gasteiger partial charge in [-0.15, -0.1) is 0 Å².